The van der Waals surface area contributed by atoms with Gasteiger partial charge in [0, 0.05) is 5.60 Å². The molecule has 0 fully saturated rings. The molecule has 0 saturated heterocycles. The maximum atomic E-state index is 5.40. The highest BCUT2D eigenvalue weighted by Gasteiger charge is 2.13. The van der Waals surface area contributed by atoms with Gasteiger partial charge in [-0.1, -0.05) is 0 Å². The fourth-order valence-electron chi connectivity index (χ4n) is 0.765. The van der Waals surface area contributed by atoms with Crippen LogP contribution in [-0.4, -0.2) is 21.8 Å². The lowest BCUT2D eigenvalue weighted by molar-refractivity contribution is 0.110. The molecule has 0 spiro atoms. The van der Waals surface area contributed by atoms with Gasteiger partial charge in [0.05, 0.1) is 0 Å². The summed E-state index contributed by atoms with van der Waals surface area (Å²) < 4.78 is 5.40. The fraction of sp³-hybridized carbons (Fsp3) is 1.00. The van der Waals surface area contributed by atoms with Crippen molar-refractivity contribution in [1.82, 2.24) is 0 Å². The zero-order valence-electron chi connectivity index (χ0n) is 7.18. The minimum atomic E-state index is 0.120. The summed E-state index contributed by atoms with van der Waals surface area (Å²) in [7, 11) is 0.847. The van der Waals surface area contributed by atoms with Gasteiger partial charge in [0.2, 0.25) is 0 Å². The second kappa shape index (κ2) is 5.21. The Hall–Kier alpha value is 0.527. The minimum Gasteiger partial charge on any atom is -0.423 e. The molecule has 0 N–H and O–H groups in total. The number of hydrogen-bond donors (Lipinski definition) is 1. The van der Waals surface area contributed by atoms with Gasteiger partial charge in [-0.3, -0.25) is 0 Å². The molecule has 0 aromatic carbocycles. The normalized spacial score (nSPS) is 12.3. The predicted octanol–water partition coefficient (Wildman–Crippen LogP) is 1.16. The van der Waals surface area contributed by atoms with E-state index < -0.39 is 0 Å². The second-order valence-electron chi connectivity index (χ2n) is 3.14. The Morgan fingerprint density at radius 3 is 2.40 bits per heavy atom. The van der Waals surface area contributed by atoms with Crippen LogP contribution in [0.5, 0.6) is 0 Å². The van der Waals surface area contributed by atoms with Crippen molar-refractivity contribution in [3.63, 3.8) is 0 Å². The van der Waals surface area contributed by atoms with Gasteiger partial charge in [0.15, 0.2) is 0 Å². The van der Waals surface area contributed by atoms with Crippen LogP contribution in [0.25, 0.3) is 0 Å². The molecule has 3 heteroatoms. The SMILES string of the molecule is CC(C)(CCCCS)O[SiH3]. The molecule has 0 heterocycles. The average Bonchev–Trinajstić information content (AvgIpc) is 1.89. The van der Waals surface area contributed by atoms with E-state index in [1.54, 1.807) is 0 Å². The molecule has 0 amide bonds. The van der Waals surface area contributed by atoms with E-state index in [0.717, 1.165) is 22.7 Å². The summed E-state index contributed by atoms with van der Waals surface area (Å²) in [5.74, 6) is 0.997. The second-order valence-corrected chi connectivity index (χ2v) is 4.00. The molecule has 0 atom stereocenters. The Morgan fingerprint density at radius 2 is 2.00 bits per heavy atom. The lowest BCUT2D eigenvalue weighted by Crippen LogP contribution is -2.22. The van der Waals surface area contributed by atoms with Crippen LogP contribution >= 0.6 is 12.6 Å². The topological polar surface area (TPSA) is 9.23 Å². The molecule has 0 radical (unpaired) electrons. The molecule has 0 rings (SSSR count). The maximum Gasteiger partial charge on any atom is 0.146 e. The van der Waals surface area contributed by atoms with Crippen molar-refractivity contribution in [2.75, 3.05) is 5.75 Å². The third-order valence-electron chi connectivity index (χ3n) is 1.74. The zero-order valence-corrected chi connectivity index (χ0v) is 10.1. The highest BCUT2D eigenvalue weighted by molar-refractivity contribution is 7.80. The van der Waals surface area contributed by atoms with E-state index in [0.29, 0.717) is 0 Å². The van der Waals surface area contributed by atoms with E-state index in [2.05, 4.69) is 26.5 Å². The standard InChI is InChI=1S/C7H18OSSi/c1-7(2,8-10)5-3-4-6-9/h9H,3-6H2,1-2,10H3. The summed E-state index contributed by atoms with van der Waals surface area (Å²) >= 11 is 4.15. The van der Waals surface area contributed by atoms with Crippen LogP contribution in [0.3, 0.4) is 0 Å². The predicted molar refractivity (Wildman–Crippen MR) is 52.8 cm³/mol. The molecular formula is C7H18OSSi. The molecule has 0 saturated carbocycles. The van der Waals surface area contributed by atoms with Crippen molar-refractivity contribution in [3.05, 3.63) is 0 Å². The lowest BCUT2D eigenvalue weighted by Gasteiger charge is -2.23. The van der Waals surface area contributed by atoms with E-state index in [9.17, 15) is 0 Å². The third kappa shape index (κ3) is 5.32. The molecule has 0 aliphatic heterocycles. The van der Waals surface area contributed by atoms with Gasteiger partial charge in [-0.05, 0) is 38.9 Å². The van der Waals surface area contributed by atoms with E-state index in [-0.39, 0.29) is 5.60 Å². The van der Waals surface area contributed by atoms with Crippen LogP contribution in [0.15, 0.2) is 0 Å². The number of rotatable bonds is 5. The van der Waals surface area contributed by atoms with Crippen LogP contribution in [0.1, 0.15) is 33.1 Å². The van der Waals surface area contributed by atoms with Crippen LogP contribution in [0.4, 0.5) is 0 Å². The van der Waals surface area contributed by atoms with Gasteiger partial charge in [0.25, 0.3) is 0 Å². The monoisotopic (exact) mass is 178 g/mol. The molecule has 1 nitrogen and oxygen atoms in total. The van der Waals surface area contributed by atoms with Crippen molar-refractivity contribution in [2.24, 2.45) is 0 Å². The van der Waals surface area contributed by atoms with Gasteiger partial charge >= 0.3 is 0 Å². The van der Waals surface area contributed by atoms with Crippen LogP contribution in [-0.2, 0) is 4.43 Å². The first-order valence-electron chi connectivity index (χ1n) is 3.78. The van der Waals surface area contributed by atoms with Crippen LogP contribution in [0.2, 0.25) is 0 Å². The molecule has 10 heavy (non-hydrogen) atoms. The van der Waals surface area contributed by atoms with Gasteiger partial charge in [-0.2, -0.15) is 12.6 Å². The van der Waals surface area contributed by atoms with Crippen molar-refractivity contribution < 1.29 is 4.43 Å². The van der Waals surface area contributed by atoms with Crippen molar-refractivity contribution in [2.45, 2.75) is 38.7 Å². The summed E-state index contributed by atoms with van der Waals surface area (Å²) in [5.41, 5.74) is 0.120. The number of hydrogen-bond acceptors (Lipinski definition) is 2. The number of thiol groups is 1. The molecule has 0 aliphatic rings. The van der Waals surface area contributed by atoms with Crippen molar-refractivity contribution in [1.29, 1.82) is 0 Å². The Balaban J connectivity index is 3.28. The van der Waals surface area contributed by atoms with E-state index in [1.165, 1.54) is 12.8 Å². The highest BCUT2D eigenvalue weighted by Crippen LogP contribution is 2.15. The van der Waals surface area contributed by atoms with E-state index in [1.807, 2.05) is 0 Å². The summed E-state index contributed by atoms with van der Waals surface area (Å²) in [5, 5.41) is 0. The summed E-state index contributed by atoms with van der Waals surface area (Å²) in [6.45, 7) is 4.30. The fourth-order valence-corrected chi connectivity index (χ4v) is 1.19. The molecule has 62 valence electrons. The number of unbranched alkanes of at least 4 members (excludes halogenated alkanes) is 1. The third-order valence-corrected chi connectivity index (χ3v) is 3.16. The minimum absolute atomic E-state index is 0.120. The Bertz CT molecular complexity index is 85.7. The van der Waals surface area contributed by atoms with Crippen molar-refractivity contribution in [3.8, 4) is 0 Å². The quantitative estimate of drug-likeness (QED) is 0.378. The lowest BCUT2D eigenvalue weighted by atomic mass is 10.0. The summed E-state index contributed by atoms with van der Waals surface area (Å²) in [4.78, 5) is 0. The van der Waals surface area contributed by atoms with Gasteiger partial charge in [-0.25, -0.2) is 0 Å². The molecule has 0 aromatic heterocycles. The van der Waals surface area contributed by atoms with Gasteiger partial charge in [0.1, 0.15) is 10.5 Å². The summed E-state index contributed by atoms with van der Waals surface area (Å²) in [6, 6.07) is 0. The first kappa shape index (κ1) is 10.5. The van der Waals surface area contributed by atoms with Crippen molar-refractivity contribution >= 4 is 23.1 Å². The Morgan fingerprint density at radius 1 is 1.40 bits per heavy atom. The maximum absolute atomic E-state index is 5.40. The van der Waals surface area contributed by atoms with Crippen LogP contribution < -0.4 is 0 Å². The highest BCUT2D eigenvalue weighted by atomic mass is 32.1. The largest absolute Gasteiger partial charge is 0.423 e. The smallest absolute Gasteiger partial charge is 0.146 e. The van der Waals surface area contributed by atoms with Crippen LogP contribution in [0, 0.1) is 0 Å². The van der Waals surface area contributed by atoms with Gasteiger partial charge < -0.3 is 4.43 Å². The van der Waals surface area contributed by atoms with Gasteiger partial charge in [-0.15, -0.1) is 0 Å². The summed E-state index contributed by atoms with van der Waals surface area (Å²) in [6.07, 6.45) is 3.60. The molecular weight excluding hydrogens is 160 g/mol. The molecule has 0 unspecified atom stereocenters. The first-order valence-corrected chi connectivity index (χ1v) is 5.23. The zero-order chi connectivity index (χ0) is 8.04. The average molecular weight is 178 g/mol. The Kier molecular flexibility index (Phi) is 5.49. The first-order chi connectivity index (χ1) is 4.62. The Labute approximate surface area is 72.5 Å². The van der Waals surface area contributed by atoms with E-state index in [4.69, 9.17) is 4.43 Å². The molecule has 0 aromatic rings. The van der Waals surface area contributed by atoms with E-state index >= 15 is 0 Å². The molecule has 0 bridgehead atoms. The molecule has 0 aliphatic carbocycles.